The monoisotopic (exact) mass is 278 g/mol. The number of non-ortho nitro benzene ring substituents is 1. The number of benzene rings is 1. The van der Waals surface area contributed by atoms with Crippen LogP contribution in [-0.4, -0.2) is 14.7 Å². The summed E-state index contributed by atoms with van der Waals surface area (Å²) >= 11 is 5.98. The summed E-state index contributed by atoms with van der Waals surface area (Å²) in [4.78, 5) is 10.2. The second kappa shape index (κ2) is 5.53. The predicted molar refractivity (Wildman–Crippen MR) is 74.0 cm³/mol. The summed E-state index contributed by atoms with van der Waals surface area (Å²) in [6, 6.07) is 4.26. The van der Waals surface area contributed by atoms with Gasteiger partial charge >= 0.3 is 0 Å². The molecule has 0 aliphatic rings. The van der Waals surface area contributed by atoms with Gasteiger partial charge in [0, 0.05) is 36.6 Å². The van der Waals surface area contributed by atoms with Gasteiger partial charge in [-0.2, -0.15) is 5.10 Å². The van der Waals surface area contributed by atoms with E-state index in [2.05, 4.69) is 17.0 Å². The highest BCUT2D eigenvalue weighted by Gasteiger charge is 2.09. The van der Waals surface area contributed by atoms with Crippen LogP contribution in [0.15, 0.2) is 37.2 Å². The van der Waals surface area contributed by atoms with E-state index in [9.17, 15) is 10.1 Å². The first kappa shape index (κ1) is 13.1. The molecule has 7 heteroatoms. The van der Waals surface area contributed by atoms with Crippen molar-refractivity contribution in [2.45, 2.75) is 6.54 Å². The zero-order chi connectivity index (χ0) is 13.8. The average molecular weight is 279 g/mol. The molecule has 0 fully saturated rings. The van der Waals surface area contributed by atoms with Gasteiger partial charge in [-0.1, -0.05) is 18.2 Å². The van der Waals surface area contributed by atoms with Gasteiger partial charge in [0.2, 0.25) is 0 Å². The fraction of sp³-hybridized carbons (Fsp3) is 0.0833. The normalized spacial score (nSPS) is 10.2. The molecule has 0 spiro atoms. The number of nitro groups is 1. The Morgan fingerprint density at radius 1 is 1.58 bits per heavy atom. The standard InChI is InChI=1S/C12H11ClN4O2/c1-2-16-8-9(7-15-16)6-14-12-5-10(17(18)19)3-4-11(12)13/h2-5,7-8,14H,1,6H2. The lowest BCUT2D eigenvalue weighted by Gasteiger charge is -2.06. The van der Waals surface area contributed by atoms with Crippen molar-refractivity contribution in [2.75, 3.05) is 5.32 Å². The molecule has 1 heterocycles. The largest absolute Gasteiger partial charge is 0.379 e. The van der Waals surface area contributed by atoms with E-state index >= 15 is 0 Å². The van der Waals surface area contributed by atoms with E-state index < -0.39 is 4.92 Å². The van der Waals surface area contributed by atoms with E-state index in [0.717, 1.165) is 5.56 Å². The second-order valence-electron chi connectivity index (χ2n) is 3.79. The van der Waals surface area contributed by atoms with Crippen LogP contribution < -0.4 is 5.32 Å². The summed E-state index contributed by atoms with van der Waals surface area (Å²) in [5, 5.41) is 18.2. The van der Waals surface area contributed by atoms with Crippen LogP contribution in [0.25, 0.3) is 6.20 Å². The van der Waals surface area contributed by atoms with E-state index in [1.807, 2.05) is 0 Å². The van der Waals surface area contributed by atoms with E-state index in [-0.39, 0.29) is 5.69 Å². The van der Waals surface area contributed by atoms with Gasteiger partial charge in [0.15, 0.2) is 0 Å². The van der Waals surface area contributed by atoms with Crippen molar-refractivity contribution in [2.24, 2.45) is 0 Å². The molecule has 0 saturated heterocycles. The average Bonchev–Trinajstić information content (AvgIpc) is 2.85. The quantitative estimate of drug-likeness (QED) is 0.673. The molecule has 6 nitrogen and oxygen atoms in total. The Bertz CT molecular complexity index is 624. The highest BCUT2D eigenvalue weighted by Crippen LogP contribution is 2.27. The smallest absolute Gasteiger partial charge is 0.271 e. The number of hydrogen-bond acceptors (Lipinski definition) is 4. The SMILES string of the molecule is C=Cn1cc(CNc2cc([N+](=O)[O-])ccc2Cl)cn1. The molecular weight excluding hydrogens is 268 g/mol. The molecule has 19 heavy (non-hydrogen) atoms. The van der Waals surface area contributed by atoms with Gasteiger partial charge in [0.05, 0.1) is 21.8 Å². The van der Waals surface area contributed by atoms with Crippen LogP contribution in [0, 0.1) is 10.1 Å². The molecule has 0 unspecified atom stereocenters. The fourth-order valence-electron chi connectivity index (χ4n) is 1.53. The van der Waals surface area contributed by atoms with Crippen molar-refractivity contribution in [1.29, 1.82) is 0 Å². The number of hydrogen-bond donors (Lipinski definition) is 1. The lowest BCUT2D eigenvalue weighted by atomic mass is 10.2. The molecule has 0 aliphatic heterocycles. The lowest BCUT2D eigenvalue weighted by Crippen LogP contribution is -2.00. The van der Waals surface area contributed by atoms with Gasteiger partial charge in [-0.15, -0.1) is 0 Å². The Hall–Kier alpha value is -2.34. The van der Waals surface area contributed by atoms with Crippen molar-refractivity contribution in [1.82, 2.24) is 9.78 Å². The number of aromatic nitrogens is 2. The number of nitrogens with one attached hydrogen (secondary N) is 1. The first-order valence-electron chi connectivity index (χ1n) is 5.43. The molecule has 0 radical (unpaired) electrons. The number of anilines is 1. The third-order valence-electron chi connectivity index (χ3n) is 2.49. The van der Waals surface area contributed by atoms with Crippen LogP contribution in [0.3, 0.4) is 0 Å². The minimum absolute atomic E-state index is 0.00585. The van der Waals surface area contributed by atoms with E-state index in [4.69, 9.17) is 11.6 Å². The van der Waals surface area contributed by atoms with Crippen LogP contribution in [0.1, 0.15) is 5.56 Å². The molecule has 1 N–H and O–H groups in total. The zero-order valence-electron chi connectivity index (χ0n) is 9.91. The molecule has 0 aliphatic carbocycles. The van der Waals surface area contributed by atoms with Crippen LogP contribution in [0.4, 0.5) is 11.4 Å². The zero-order valence-corrected chi connectivity index (χ0v) is 10.7. The first-order chi connectivity index (χ1) is 9.10. The van der Waals surface area contributed by atoms with Crippen molar-refractivity contribution < 1.29 is 4.92 Å². The molecular formula is C12H11ClN4O2. The Balaban J connectivity index is 2.12. The van der Waals surface area contributed by atoms with Crippen LogP contribution >= 0.6 is 11.6 Å². The minimum Gasteiger partial charge on any atom is -0.379 e. The van der Waals surface area contributed by atoms with Gasteiger partial charge in [-0.3, -0.25) is 10.1 Å². The van der Waals surface area contributed by atoms with Gasteiger partial charge in [-0.05, 0) is 6.07 Å². The van der Waals surface area contributed by atoms with Crippen molar-refractivity contribution in [3.05, 3.63) is 57.9 Å². The third-order valence-corrected chi connectivity index (χ3v) is 2.82. The molecule has 2 aromatic rings. The molecule has 1 aromatic carbocycles. The second-order valence-corrected chi connectivity index (χ2v) is 4.19. The van der Waals surface area contributed by atoms with Crippen molar-refractivity contribution in [3.63, 3.8) is 0 Å². The molecule has 0 atom stereocenters. The number of nitrogens with zero attached hydrogens (tertiary/aromatic N) is 3. The van der Waals surface area contributed by atoms with Crippen LogP contribution in [0.5, 0.6) is 0 Å². The maximum Gasteiger partial charge on any atom is 0.271 e. The summed E-state index contributed by atoms with van der Waals surface area (Å²) in [6.07, 6.45) is 5.05. The van der Waals surface area contributed by atoms with E-state index in [1.54, 1.807) is 23.3 Å². The summed E-state index contributed by atoms with van der Waals surface area (Å²) < 4.78 is 1.58. The predicted octanol–water partition coefficient (Wildman–Crippen LogP) is 3.16. The summed E-state index contributed by atoms with van der Waals surface area (Å²) in [6.45, 7) is 4.06. The number of halogens is 1. The van der Waals surface area contributed by atoms with Gasteiger partial charge in [0.25, 0.3) is 5.69 Å². The lowest BCUT2D eigenvalue weighted by molar-refractivity contribution is -0.384. The third kappa shape index (κ3) is 3.11. The highest BCUT2D eigenvalue weighted by molar-refractivity contribution is 6.33. The Morgan fingerprint density at radius 2 is 2.37 bits per heavy atom. The Labute approximate surface area is 114 Å². The van der Waals surface area contributed by atoms with E-state index in [1.165, 1.54) is 18.2 Å². The topological polar surface area (TPSA) is 73.0 Å². The summed E-state index contributed by atoms with van der Waals surface area (Å²) in [7, 11) is 0. The Kier molecular flexibility index (Phi) is 3.82. The minimum atomic E-state index is -0.461. The summed E-state index contributed by atoms with van der Waals surface area (Å²) in [5.74, 6) is 0. The molecule has 0 amide bonds. The highest BCUT2D eigenvalue weighted by atomic mass is 35.5. The molecule has 2 rings (SSSR count). The maximum absolute atomic E-state index is 10.7. The molecule has 0 saturated carbocycles. The number of nitro benzene ring substituents is 1. The van der Waals surface area contributed by atoms with Gasteiger partial charge in [0.1, 0.15) is 0 Å². The van der Waals surface area contributed by atoms with Crippen LogP contribution in [-0.2, 0) is 6.54 Å². The number of rotatable bonds is 5. The maximum atomic E-state index is 10.7. The Morgan fingerprint density at radius 3 is 3.00 bits per heavy atom. The van der Waals surface area contributed by atoms with Crippen molar-refractivity contribution >= 4 is 29.2 Å². The van der Waals surface area contributed by atoms with Gasteiger partial charge < -0.3 is 5.32 Å². The molecule has 1 aromatic heterocycles. The molecule has 0 bridgehead atoms. The van der Waals surface area contributed by atoms with Crippen LogP contribution in [0.2, 0.25) is 5.02 Å². The van der Waals surface area contributed by atoms with Crippen molar-refractivity contribution in [3.8, 4) is 0 Å². The fourth-order valence-corrected chi connectivity index (χ4v) is 1.71. The van der Waals surface area contributed by atoms with E-state index in [0.29, 0.717) is 17.3 Å². The first-order valence-corrected chi connectivity index (χ1v) is 5.81. The van der Waals surface area contributed by atoms with Gasteiger partial charge in [-0.25, -0.2) is 4.68 Å². The molecule has 98 valence electrons. The summed E-state index contributed by atoms with van der Waals surface area (Å²) in [5.41, 5.74) is 1.43.